The average Bonchev–Trinajstić information content (AvgIpc) is 2.83. The van der Waals surface area contributed by atoms with Crippen molar-refractivity contribution in [3.05, 3.63) is 50.1 Å². The molecule has 0 spiro atoms. The maximum atomic E-state index is 12.3. The van der Waals surface area contributed by atoms with E-state index in [2.05, 4.69) is 10.2 Å². The fourth-order valence-electron chi connectivity index (χ4n) is 1.82. The number of H-pyrrole nitrogens is 1. The lowest BCUT2D eigenvalue weighted by Crippen LogP contribution is -2.09. The minimum Gasteiger partial charge on any atom is -0.379 e. The third-order valence-electron chi connectivity index (χ3n) is 2.87. The first-order valence-electron chi connectivity index (χ1n) is 5.90. The average molecular weight is 469 g/mol. The number of hydrogen-bond donors (Lipinski definition) is 1. The molecule has 5 nitrogen and oxygen atoms in total. The largest absolute Gasteiger partial charge is 0.379 e. The summed E-state index contributed by atoms with van der Waals surface area (Å²) in [6.45, 7) is 0. The summed E-state index contributed by atoms with van der Waals surface area (Å²) in [6.07, 6.45) is 0. The molecule has 9 heteroatoms. The molecular weight excluding hydrogens is 462 g/mol. The fourth-order valence-corrected chi connectivity index (χ4v) is 3.70. The highest BCUT2D eigenvalue weighted by molar-refractivity contribution is 14.1. The van der Waals surface area contributed by atoms with Crippen LogP contribution in [0.2, 0.25) is 10.0 Å². The van der Waals surface area contributed by atoms with Crippen molar-refractivity contribution < 1.29 is 12.6 Å². The van der Waals surface area contributed by atoms with Crippen LogP contribution in [0, 0.1) is 3.70 Å². The summed E-state index contributed by atoms with van der Waals surface area (Å²) in [6, 6.07) is 8.84. The van der Waals surface area contributed by atoms with E-state index in [1.165, 1.54) is 18.2 Å². The van der Waals surface area contributed by atoms with Crippen molar-refractivity contribution in [1.29, 1.82) is 0 Å². The van der Waals surface area contributed by atoms with Crippen LogP contribution in [-0.4, -0.2) is 18.6 Å². The zero-order valence-electron chi connectivity index (χ0n) is 10.7. The van der Waals surface area contributed by atoms with E-state index in [0.717, 1.165) is 14.6 Å². The van der Waals surface area contributed by atoms with Gasteiger partial charge >= 0.3 is 10.1 Å². The van der Waals surface area contributed by atoms with E-state index in [-0.39, 0.29) is 20.7 Å². The molecule has 0 radical (unpaired) electrons. The third-order valence-corrected chi connectivity index (χ3v) is 5.68. The molecule has 0 unspecified atom stereocenters. The van der Waals surface area contributed by atoms with Crippen molar-refractivity contribution in [2.45, 2.75) is 4.90 Å². The summed E-state index contributed by atoms with van der Waals surface area (Å²) in [7, 11) is -3.99. The second kappa shape index (κ2) is 5.88. The van der Waals surface area contributed by atoms with E-state index in [4.69, 9.17) is 27.4 Å². The van der Waals surface area contributed by atoms with Gasteiger partial charge in [0.1, 0.15) is 14.3 Å². The van der Waals surface area contributed by atoms with Gasteiger partial charge in [0.15, 0.2) is 0 Å². The molecule has 1 N–H and O–H groups in total. The molecule has 1 aromatic heterocycles. The quantitative estimate of drug-likeness (QED) is 0.461. The first-order valence-corrected chi connectivity index (χ1v) is 9.14. The Morgan fingerprint density at radius 2 is 1.86 bits per heavy atom. The Balaban J connectivity index is 1.98. The number of rotatable bonds is 3. The van der Waals surface area contributed by atoms with Gasteiger partial charge < -0.3 is 4.18 Å². The van der Waals surface area contributed by atoms with Gasteiger partial charge in [-0.05, 0) is 59.0 Å². The van der Waals surface area contributed by atoms with Crippen molar-refractivity contribution in [3.63, 3.8) is 0 Å². The van der Waals surface area contributed by atoms with Gasteiger partial charge in [0, 0.05) is 5.39 Å². The second-order valence-corrected chi connectivity index (χ2v) is 7.72. The second-order valence-electron chi connectivity index (χ2n) is 4.34. The summed E-state index contributed by atoms with van der Waals surface area (Å²) < 4.78 is 30.4. The molecular formula is C13H7Cl2IN2O3S. The predicted molar refractivity (Wildman–Crippen MR) is 93.1 cm³/mol. The standard InChI is InChI=1S/C13H7Cl2IN2O3S/c14-10-3-2-8(6-11(10)15)22(19,20)21-7-1-4-12-9(5-7)13(16)18-17-12/h1-6H,(H,17,18). The molecule has 3 aromatic rings. The molecule has 22 heavy (non-hydrogen) atoms. The van der Waals surface area contributed by atoms with Crippen LogP contribution in [0.25, 0.3) is 10.9 Å². The van der Waals surface area contributed by atoms with Gasteiger partial charge in [0.25, 0.3) is 0 Å². The zero-order chi connectivity index (χ0) is 15.9. The lowest BCUT2D eigenvalue weighted by molar-refractivity contribution is 0.486. The van der Waals surface area contributed by atoms with Gasteiger partial charge in [-0.1, -0.05) is 23.2 Å². The van der Waals surface area contributed by atoms with Crippen LogP contribution >= 0.6 is 45.8 Å². The maximum absolute atomic E-state index is 12.3. The van der Waals surface area contributed by atoms with Crippen LogP contribution in [0.5, 0.6) is 5.75 Å². The Hall–Kier alpha value is -1.03. The predicted octanol–water partition coefficient (Wildman–Crippen LogP) is 4.24. The van der Waals surface area contributed by atoms with Crippen LogP contribution in [0.4, 0.5) is 0 Å². The number of halogens is 3. The summed E-state index contributed by atoms with van der Waals surface area (Å²) in [5.41, 5.74) is 0.795. The van der Waals surface area contributed by atoms with E-state index in [0.29, 0.717) is 0 Å². The SMILES string of the molecule is O=S(=O)(Oc1ccc2[nH]nc(I)c2c1)c1ccc(Cl)c(Cl)c1. The summed E-state index contributed by atoms with van der Waals surface area (Å²) >= 11 is 13.7. The van der Waals surface area contributed by atoms with Crippen molar-refractivity contribution in [2.24, 2.45) is 0 Å². The third kappa shape index (κ3) is 3.03. The van der Waals surface area contributed by atoms with E-state index in [9.17, 15) is 8.42 Å². The van der Waals surface area contributed by atoms with E-state index in [1.807, 2.05) is 22.6 Å². The van der Waals surface area contributed by atoms with Crippen molar-refractivity contribution >= 4 is 66.8 Å². The minimum atomic E-state index is -3.99. The Kier molecular flexibility index (Phi) is 4.23. The van der Waals surface area contributed by atoms with Crippen LogP contribution < -0.4 is 4.18 Å². The molecule has 3 rings (SSSR count). The van der Waals surface area contributed by atoms with E-state index >= 15 is 0 Å². The van der Waals surface area contributed by atoms with Crippen LogP contribution in [0.15, 0.2) is 41.3 Å². The molecule has 0 aliphatic rings. The number of hydrogen-bond acceptors (Lipinski definition) is 4. The van der Waals surface area contributed by atoms with E-state index in [1.54, 1.807) is 18.2 Å². The molecule has 0 aliphatic heterocycles. The molecule has 0 aliphatic carbocycles. The van der Waals surface area contributed by atoms with Crippen LogP contribution in [-0.2, 0) is 10.1 Å². The number of nitrogens with one attached hydrogen (secondary N) is 1. The molecule has 0 amide bonds. The normalized spacial score (nSPS) is 11.8. The number of fused-ring (bicyclic) bond motifs is 1. The van der Waals surface area contributed by atoms with Gasteiger partial charge in [-0.15, -0.1) is 0 Å². The van der Waals surface area contributed by atoms with Crippen molar-refractivity contribution in [2.75, 3.05) is 0 Å². The van der Waals surface area contributed by atoms with E-state index < -0.39 is 10.1 Å². The smallest absolute Gasteiger partial charge is 0.339 e. The molecule has 0 saturated carbocycles. The molecule has 0 saturated heterocycles. The highest BCUT2D eigenvalue weighted by Gasteiger charge is 2.18. The Labute approximate surface area is 149 Å². The molecule has 0 bridgehead atoms. The zero-order valence-corrected chi connectivity index (χ0v) is 15.2. The fraction of sp³-hybridized carbons (Fsp3) is 0. The van der Waals surface area contributed by atoms with Gasteiger partial charge in [-0.2, -0.15) is 13.5 Å². The minimum absolute atomic E-state index is 0.0658. The summed E-state index contributed by atoms with van der Waals surface area (Å²) in [4.78, 5) is -0.0658. The van der Waals surface area contributed by atoms with Crippen molar-refractivity contribution in [1.82, 2.24) is 10.2 Å². The summed E-state index contributed by atoms with van der Waals surface area (Å²) in [5, 5.41) is 8.06. The van der Waals surface area contributed by atoms with Crippen molar-refractivity contribution in [3.8, 4) is 5.75 Å². The Morgan fingerprint density at radius 1 is 1.09 bits per heavy atom. The molecule has 114 valence electrons. The lowest BCUT2D eigenvalue weighted by atomic mass is 10.2. The summed E-state index contributed by atoms with van der Waals surface area (Å²) in [5.74, 6) is 0.192. The highest BCUT2D eigenvalue weighted by Crippen LogP contribution is 2.28. The topological polar surface area (TPSA) is 72.1 Å². The maximum Gasteiger partial charge on any atom is 0.339 e. The van der Waals surface area contributed by atoms with Gasteiger partial charge in [0.05, 0.1) is 15.6 Å². The molecule has 0 fully saturated rings. The lowest BCUT2D eigenvalue weighted by Gasteiger charge is -2.08. The van der Waals surface area contributed by atoms with Gasteiger partial charge in [-0.25, -0.2) is 0 Å². The number of aromatic amines is 1. The number of benzene rings is 2. The first kappa shape index (κ1) is 15.9. The Bertz CT molecular complexity index is 973. The Morgan fingerprint density at radius 3 is 2.59 bits per heavy atom. The van der Waals surface area contributed by atoms with Crippen LogP contribution in [0.3, 0.4) is 0 Å². The van der Waals surface area contributed by atoms with Gasteiger partial charge in [-0.3, -0.25) is 5.10 Å². The first-order chi connectivity index (χ1) is 10.4. The highest BCUT2D eigenvalue weighted by atomic mass is 127. The number of nitrogens with zero attached hydrogens (tertiary/aromatic N) is 1. The number of aromatic nitrogens is 2. The monoisotopic (exact) mass is 468 g/mol. The van der Waals surface area contributed by atoms with Crippen LogP contribution in [0.1, 0.15) is 0 Å². The van der Waals surface area contributed by atoms with Gasteiger partial charge in [0.2, 0.25) is 0 Å². The molecule has 1 heterocycles. The molecule has 2 aromatic carbocycles. The molecule has 0 atom stereocenters.